The fraction of sp³-hybridized carbons (Fsp3) is 0.917. The first kappa shape index (κ1) is 26.6. The summed E-state index contributed by atoms with van der Waals surface area (Å²) in [5.41, 5.74) is 0. The zero-order chi connectivity index (χ0) is 23.0. The van der Waals surface area contributed by atoms with E-state index in [1.807, 2.05) is 0 Å². The van der Waals surface area contributed by atoms with Crippen LogP contribution in [0, 0.1) is 11.3 Å². The van der Waals surface area contributed by atoms with E-state index in [2.05, 4.69) is 0 Å². The molecule has 1 unspecified atom stereocenters. The van der Waals surface area contributed by atoms with Crippen molar-refractivity contribution in [3.63, 3.8) is 0 Å². The maximum Gasteiger partial charge on any atom is 0.459 e. The second-order valence-corrected chi connectivity index (χ2v) is 8.43. The molecule has 0 amide bonds. The molecular weight excluding hydrogens is 450 g/mol. The van der Waals surface area contributed by atoms with Crippen LogP contribution >= 0.6 is 0 Å². The Balaban J connectivity index is 5.55. The highest BCUT2D eigenvalue weighted by Crippen LogP contribution is 2.48. The molecule has 0 aliphatic carbocycles. The average Bonchev–Trinajstić information content (AvgIpc) is 2.48. The zero-order valence-corrected chi connectivity index (χ0v) is 14.4. The molecule has 0 aromatic rings. The van der Waals surface area contributed by atoms with Crippen LogP contribution in [0.5, 0.6) is 0 Å². The number of nitriles is 1. The third-order valence-corrected chi connectivity index (χ3v) is 6.16. The van der Waals surface area contributed by atoms with E-state index in [1.165, 1.54) is 0 Å². The highest BCUT2D eigenvalue weighted by molar-refractivity contribution is 7.93. The average molecular weight is 461 g/mol. The van der Waals surface area contributed by atoms with Crippen LogP contribution in [0.25, 0.3) is 0 Å². The number of hydrogen-bond donors (Lipinski definition) is 0. The van der Waals surface area contributed by atoms with Gasteiger partial charge in [0.2, 0.25) is 0 Å². The van der Waals surface area contributed by atoms with Crippen LogP contribution in [-0.4, -0.2) is 49.0 Å². The summed E-state index contributed by atoms with van der Waals surface area (Å²) in [4.78, 5) is 0. The second kappa shape index (κ2) is 7.45. The molecule has 0 rings (SSSR count). The Morgan fingerprint density at radius 2 is 1.14 bits per heavy atom. The van der Waals surface area contributed by atoms with Crippen molar-refractivity contribution in [3.05, 3.63) is 0 Å². The predicted octanol–water partition coefficient (Wildman–Crippen LogP) is 4.88. The van der Waals surface area contributed by atoms with E-state index in [1.54, 1.807) is 0 Å². The summed E-state index contributed by atoms with van der Waals surface area (Å²) in [5.74, 6) is -20.3. The Morgan fingerprint density at radius 3 is 1.46 bits per heavy atom. The second-order valence-electron chi connectivity index (χ2n) is 5.89. The molecule has 0 saturated heterocycles. The summed E-state index contributed by atoms with van der Waals surface area (Å²) in [6, 6.07) is 0.805. The van der Waals surface area contributed by atoms with E-state index in [0.717, 1.165) is 6.07 Å². The van der Waals surface area contributed by atoms with Crippen molar-refractivity contribution in [2.45, 2.75) is 61.1 Å². The Bertz CT molecular complexity index is 704. The van der Waals surface area contributed by atoms with Gasteiger partial charge < -0.3 is 0 Å². The lowest BCUT2D eigenvalue weighted by molar-refractivity contribution is -0.354. The number of hydrogen-bond acceptors (Lipinski definition) is 3. The molecule has 0 saturated carbocycles. The molecule has 0 N–H and O–H groups in total. The van der Waals surface area contributed by atoms with Gasteiger partial charge in [-0.3, -0.25) is 0 Å². The third kappa shape index (κ3) is 5.15. The minimum Gasteiger partial charge on any atom is -0.227 e. The molecule has 0 heterocycles. The fourth-order valence-electron chi connectivity index (χ4n) is 1.67. The maximum atomic E-state index is 13.2. The Labute approximate surface area is 150 Å². The number of halogens is 12. The van der Waals surface area contributed by atoms with Crippen molar-refractivity contribution in [3.8, 4) is 6.07 Å². The lowest BCUT2D eigenvalue weighted by Gasteiger charge is -2.30. The summed E-state index contributed by atoms with van der Waals surface area (Å²) >= 11 is 0. The van der Waals surface area contributed by atoms with Gasteiger partial charge in [0, 0.05) is 12.8 Å². The van der Waals surface area contributed by atoms with Crippen LogP contribution in [0.1, 0.15) is 26.2 Å². The fourth-order valence-corrected chi connectivity index (χ4v) is 3.20. The first-order valence-corrected chi connectivity index (χ1v) is 8.53. The van der Waals surface area contributed by atoms with Gasteiger partial charge in [0.05, 0.1) is 11.8 Å². The maximum absolute atomic E-state index is 13.2. The molecule has 0 fully saturated rings. The number of nitrogens with zero attached hydrogens (tertiary/aromatic N) is 1. The van der Waals surface area contributed by atoms with Gasteiger partial charge in [0.1, 0.15) is 0 Å². The lowest BCUT2D eigenvalue weighted by Crippen LogP contribution is -2.53. The molecule has 0 aliphatic heterocycles. The van der Waals surface area contributed by atoms with Crippen molar-refractivity contribution >= 4 is 9.84 Å². The van der Waals surface area contributed by atoms with Crippen LogP contribution in [0.3, 0.4) is 0 Å². The minimum absolute atomic E-state index is 0.259. The highest BCUT2D eigenvalue weighted by Gasteiger charge is 2.72. The molecule has 28 heavy (non-hydrogen) atoms. The molecule has 16 heteroatoms. The summed E-state index contributed by atoms with van der Waals surface area (Å²) in [6.45, 7) is 0.259. The van der Waals surface area contributed by atoms with E-state index in [9.17, 15) is 61.1 Å². The molecule has 1 atom stereocenters. The van der Waals surface area contributed by atoms with Crippen molar-refractivity contribution in [2.75, 3.05) is 5.75 Å². The summed E-state index contributed by atoms with van der Waals surface area (Å²) in [7, 11) is -5.42. The van der Waals surface area contributed by atoms with Gasteiger partial charge in [0.25, 0.3) is 0 Å². The molecule has 0 aromatic heterocycles. The van der Waals surface area contributed by atoms with E-state index in [4.69, 9.17) is 5.26 Å². The highest BCUT2D eigenvalue weighted by atomic mass is 32.2. The molecular formula is C12H11F12NO2S. The van der Waals surface area contributed by atoms with Crippen LogP contribution < -0.4 is 0 Å². The number of rotatable bonds is 8. The van der Waals surface area contributed by atoms with Gasteiger partial charge in [-0.05, 0) is 13.3 Å². The first-order valence-electron chi connectivity index (χ1n) is 6.88. The lowest BCUT2D eigenvalue weighted by atomic mass is 10.0. The van der Waals surface area contributed by atoms with Gasteiger partial charge >= 0.3 is 30.1 Å². The predicted molar refractivity (Wildman–Crippen MR) is 68.6 cm³/mol. The van der Waals surface area contributed by atoms with Crippen LogP contribution in [0.15, 0.2) is 0 Å². The molecule has 0 spiro atoms. The Morgan fingerprint density at radius 1 is 0.714 bits per heavy atom. The van der Waals surface area contributed by atoms with Crippen molar-refractivity contribution < 1.29 is 61.1 Å². The Hall–Kier alpha value is -1.40. The minimum atomic E-state index is -6.76. The standard InChI is InChI=1S/C12H11F12NO2S/c1-7(6-25,2-3-9(15,16)11(19,20)21)28(26,27)5-4-8(13,14)10(17,18)12(22,23)24/h2-5H2,1H3. The van der Waals surface area contributed by atoms with Gasteiger partial charge in [-0.1, -0.05) is 0 Å². The van der Waals surface area contributed by atoms with Gasteiger partial charge in [-0.15, -0.1) is 0 Å². The molecule has 0 bridgehead atoms. The summed E-state index contributed by atoms with van der Waals surface area (Å²) in [5, 5.41) is 8.77. The van der Waals surface area contributed by atoms with E-state index < -0.39 is 69.7 Å². The van der Waals surface area contributed by atoms with Crippen molar-refractivity contribution in [1.82, 2.24) is 0 Å². The zero-order valence-electron chi connectivity index (χ0n) is 13.5. The molecule has 166 valence electrons. The molecule has 0 radical (unpaired) electrons. The van der Waals surface area contributed by atoms with Gasteiger partial charge in [-0.2, -0.15) is 57.9 Å². The van der Waals surface area contributed by atoms with E-state index >= 15 is 0 Å². The van der Waals surface area contributed by atoms with Crippen molar-refractivity contribution in [1.29, 1.82) is 5.26 Å². The Kier molecular flexibility index (Phi) is 7.08. The number of sulfone groups is 1. The molecule has 3 nitrogen and oxygen atoms in total. The SMILES string of the molecule is CC(C#N)(CCC(F)(F)C(F)(F)F)S(=O)(=O)CCC(F)(F)C(F)(F)C(F)(F)F. The summed E-state index contributed by atoms with van der Waals surface area (Å²) < 4.78 is 170. The number of alkyl halides is 12. The molecule has 0 aromatic carbocycles. The largest absolute Gasteiger partial charge is 0.459 e. The van der Waals surface area contributed by atoms with Gasteiger partial charge in [-0.25, -0.2) is 8.42 Å². The quantitative estimate of drug-likeness (QED) is 0.484. The van der Waals surface area contributed by atoms with Crippen LogP contribution in [0.4, 0.5) is 52.7 Å². The smallest absolute Gasteiger partial charge is 0.227 e. The summed E-state index contributed by atoms with van der Waals surface area (Å²) in [6.07, 6.45) is -19.6. The van der Waals surface area contributed by atoms with Crippen molar-refractivity contribution in [2.24, 2.45) is 0 Å². The van der Waals surface area contributed by atoms with E-state index in [0.29, 0.717) is 0 Å². The van der Waals surface area contributed by atoms with Crippen LogP contribution in [-0.2, 0) is 9.84 Å². The third-order valence-electron chi connectivity index (χ3n) is 3.75. The first-order chi connectivity index (χ1) is 12.0. The van der Waals surface area contributed by atoms with E-state index in [-0.39, 0.29) is 6.92 Å². The van der Waals surface area contributed by atoms with Crippen LogP contribution in [0.2, 0.25) is 0 Å². The molecule has 0 aliphatic rings. The normalized spacial score (nSPS) is 17.1. The van der Waals surface area contributed by atoms with Gasteiger partial charge in [0.15, 0.2) is 14.6 Å². The topological polar surface area (TPSA) is 57.9 Å². The monoisotopic (exact) mass is 461 g/mol.